The second-order valence-electron chi connectivity index (χ2n) is 5.07. The van der Waals surface area contributed by atoms with Gasteiger partial charge in [-0.1, -0.05) is 17.7 Å². The van der Waals surface area contributed by atoms with E-state index in [0.29, 0.717) is 5.02 Å². The first-order chi connectivity index (χ1) is 10.3. The normalized spacial score (nSPS) is 17.3. The number of carbonyl (C=O) groups excluding carboxylic acids is 1. The minimum Gasteiger partial charge on any atom is -0.438 e. The molecule has 1 aromatic heterocycles. The van der Waals surface area contributed by atoms with Crippen LogP contribution in [0.25, 0.3) is 0 Å². The molecule has 0 saturated heterocycles. The molecule has 0 radical (unpaired) electrons. The Labute approximate surface area is 132 Å². The third-order valence-corrected chi connectivity index (χ3v) is 4.59. The predicted molar refractivity (Wildman–Crippen MR) is 80.1 cm³/mol. The summed E-state index contributed by atoms with van der Waals surface area (Å²) >= 11 is 5.95. The van der Waals surface area contributed by atoms with Gasteiger partial charge in [-0.3, -0.25) is 4.79 Å². The number of benzene rings is 1. The summed E-state index contributed by atoms with van der Waals surface area (Å²) in [6.45, 7) is 0. The number of primary sulfonamides is 1. The van der Waals surface area contributed by atoms with Crippen LogP contribution in [0.2, 0.25) is 5.02 Å². The van der Waals surface area contributed by atoms with E-state index >= 15 is 0 Å². The van der Waals surface area contributed by atoms with Crippen molar-refractivity contribution in [3.05, 3.63) is 52.2 Å². The number of nitrogens with one attached hydrogen (secondary N) is 1. The zero-order chi connectivity index (χ0) is 15.9. The molecular formula is C14H13ClN2O4S. The molecule has 22 heavy (non-hydrogen) atoms. The monoisotopic (exact) mass is 340 g/mol. The van der Waals surface area contributed by atoms with Crippen molar-refractivity contribution in [1.82, 2.24) is 5.32 Å². The zero-order valence-corrected chi connectivity index (χ0v) is 12.9. The molecule has 1 amide bonds. The molecule has 3 rings (SSSR count). The molecule has 1 heterocycles. The standard InChI is InChI=1S/C14H13ClN2O4S/c15-9-2-3-10-8(7-9)1-4-11(10)17-14(18)12-5-6-13(21-12)22(16,19)20/h2-3,5-7,11H,1,4H2,(H,17,18)(H2,16,19,20). The Morgan fingerprint density at radius 1 is 1.32 bits per heavy atom. The second kappa shape index (κ2) is 5.42. The van der Waals surface area contributed by atoms with Gasteiger partial charge in [0.1, 0.15) is 0 Å². The number of carbonyl (C=O) groups is 1. The van der Waals surface area contributed by atoms with Crippen molar-refractivity contribution in [3.8, 4) is 0 Å². The largest absolute Gasteiger partial charge is 0.438 e. The Hall–Kier alpha value is -1.83. The smallest absolute Gasteiger partial charge is 0.287 e. The van der Waals surface area contributed by atoms with Crippen molar-refractivity contribution in [3.63, 3.8) is 0 Å². The third kappa shape index (κ3) is 2.87. The summed E-state index contributed by atoms with van der Waals surface area (Å²) in [5.41, 5.74) is 2.11. The molecule has 3 N–H and O–H groups in total. The van der Waals surface area contributed by atoms with E-state index in [-0.39, 0.29) is 11.8 Å². The van der Waals surface area contributed by atoms with Crippen LogP contribution in [0.15, 0.2) is 39.8 Å². The summed E-state index contributed by atoms with van der Waals surface area (Å²) in [4.78, 5) is 12.2. The summed E-state index contributed by atoms with van der Waals surface area (Å²) in [6, 6.07) is 7.83. The summed E-state index contributed by atoms with van der Waals surface area (Å²) in [7, 11) is -3.96. The number of amides is 1. The first-order valence-corrected chi connectivity index (χ1v) is 8.49. The highest BCUT2D eigenvalue weighted by Gasteiger charge is 2.26. The van der Waals surface area contributed by atoms with E-state index in [4.69, 9.17) is 21.2 Å². The summed E-state index contributed by atoms with van der Waals surface area (Å²) in [6.07, 6.45) is 1.57. The predicted octanol–water partition coefficient (Wildman–Crippen LogP) is 2.00. The lowest BCUT2D eigenvalue weighted by molar-refractivity contribution is 0.0903. The van der Waals surface area contributed by atoms with Crippen LogP contribution in [-0.2, 0) is 16.4 Å². The third-order valence-electron chi connectivity index (χ3n) is 3.57. The van der Waals surface area contributed by atoms with Gasteiger partial charge in [0.2, 0.25) is 5.09 Å². The Bertz CT molecular complexity index is 844. The van der Waals surface area contributed by atoms with Gasteiger partial charge in [0.15, 0.2) is 5.76 Å². The molecule has 8 heteroatoms. The molecule has 1 aliphatic carbocycles. The lowest BCUT2D eigenvalue weighted by Gasteiger charge is -2.13. The molecule has 1 atom stereocenters. The fraction of sp³-hybridized carbons (Fsp3) is 0.214. The summed E-state index contributed by atoms with van der Waals surface area (Å²) in [5.74, 6) is -0.575. The Balaban J connectivity index is 1.78. The van der Waals surface area contributed by atoms with Gasteiger partial charge in [-0.05, 0) is 48.2 Å². The van der Waals surface area contributed by atoms with Gasteiger partial charge < -0.3 is 9.73 Å². The molecule has 116 valence electrons. The summed E-state index contributed by atoms with van der Waals surface area (Å²) in [5, 5.41) is 8.00. The SMILES string of the molecule is NS(=O)(=O)c1ccc(C(=O)NC2CCc3cc(Cl)ccc32)o1. The van der Waals surface area contributed by atoms with Gasteiger partial charge in [-0.25, -0.2) is 13.6 Å². The molecule has 1 unspecified atom stereocenters. The fourth-order valence-electron chi connectivity index (χ4n) is 2.56. The van der Waals surface area contributed by atoms with Crippen molar-refractivity contribution < 1.29 is 17.6 Å². The van der Waals surface area contributed by atoms with E-state index in [1.54, 1.807) is 6.07 Å². The average molecular weight is 341 g/mol. The van der Waals surface area contributed by atoms with E-state index in [9.17, 15) is 13.2 Å². The molecule has 2 aromatic rings. The molecule has 0 saturated carbocycles. The Morgan fingerprint density at radius 3 is 2.77 bits per heavy atom. The van der Waals surface area contributed by atoms with Crippen LogP contribution in [0.4, 0.5) is 0 Å². The van der Waals surface area contributed by atoms with Crippen molar-refractivity contribution >= 4 is 27.5 Å². The van der Waals surface area contributed by atoms with Crippen LogP contribution in [0, 0.1) is 0 Å². The van der Waals surface area contributed by atoms with Crippen molar-refractivity contribution in [2.24, 2.45) is 5.14 Å². The molecule has 6 nitrogen and oxygen atoms in total. The van der Waals surface area contributed by atoms with Gasteiger partial charge in [0, 0.05) is 5.02 Å². The number of fused-ring (bicyclic) bond motifs is 1. The minimum absolute atomic E-state index is 0.0913. The number of sulfonamides is 1. The number of nitrogens with two attached hydrogens (primary N) is 1. The first kappa shape index (κ1) is 15.1. The van der Waals surface area contributed by atoms with E-state index < -0.39 is 21.0 Å². The highest BCUT2D eigenvalue weighted by Crippen LogP contribution is 2.33. The maximum Gasteiger partial charge on any atom is 0.287 e. The number of rotatable bonds is 3. The molecule has 0 bridgehead atoms. The Kier molecular flexibility index (Phi) is 3.72. The molecule has 1 aliphatic rings. The number of hydrogen-bond donors (Lipinski definition) is 2. The molecular weight excluding hydrogens is 328 g/mol. The van der Waals surface area contributed by atoms with Crippen LogP contribution < -0.4 is 10.5 Å². The maximum absolute atomic E-state index is 12.2. The van der Waals surface area contributed by atoms with Crippen LogP contribution in [0.1, 0.15) is 34.1 Å². The first-order valence-electron chi connectivity index (χ1n) is 6.56. The van der Waals surface area contributed by atoms with E-state index in [2.05, 4.69) is 5.32 Å². The van der Waals surface area contributed by atoms with Gasteiger partial charge in [0.25, 0.3) is 15.9 Å². The number of furan rings is 1. The topological polar surface area (TPSA) is 102 Å². The van der Waals surface area contributed by atoms with Gasteiger partial charge in [-0.15, -0.1) is 0 Å². The highest BCUT2D eigenvalue weighted by atomic mass is 35.5. The lowest BCUT2D eigenvalue weighted by atomic mass is 10.1. The summed E-state index contributed by atoms with van der Waals surface area (Å²) < 4.78 is 27.3. The maximum atomic E-state index is 12.2. The molecule has 0 fully saturated rings. The Morgan fingerprint density at radius 2 is 2.09 bits per heavy atom. The average Bonchev–Trinajstić information content (AvgIpc) is 3.05. The van der Waals surface area contributed by atoms with Crippen molar-refractivity contribution in [2.75, 3.05) is 0 Å². The van der Waals surface area contributed by atoms with Crippen LogP contribution in [0.5, 0.6) is 0 Å². The van der Waals surface area contributed by atoms with Crippen LogP contribution in [-0.4, -0.2) is 14.3 Å². The second-order valence-corrected chi connectivity index (χ2v) is 7.00. The van der Waals surface area contributed by atoms with Gasteiger partial charge >= 0.3 is 0 Å². The highest BCUT2D eigenvalue weighted by molar-refractivity contribution is 7.89. The lowest BCUT2D eigenvalue weighted by Crippen LogP contribution is -2.26. The number of halogens is 1. The van der Waals surface area contributed by atoms with E-state index in [0.717, 1.165) is 30.0 Å². The van der Waals surface area contributed by atoms with E-state index in [1.807, 2.05) is 12.1 Å². The number of hydrogen-bond acceptors (Lipinski definition) is 4. The minimum atomic E-state index is -3.96. The fourth-order valence-corrected chi connectivity index (χ4v) is 3.22. The van der Waals surface area contributed by atoms with Crippen LogP contribution >= 0.6 is 11.6 Å². The zero-order valence-electron chi connectivity index (χ0n) is 11.4. The molecule has 1 aromatic carbocycles. The number of aryl methyl sites for hydroxylation is 1. The van der Waals surface area contributed by atoms with Gasteiger partial charge in [-0.2, -0.15) is 0 Å². The molecule has 0 aliphatic heterocycles. The van der Waals surface area contributed by atoms with Gasteiger partial charge in [0.05, 0.1) is 6.04 Å². The van der Waals surface area contributed by atoms with Crippen molar-refractivity contribution in [1.29, 1.82) is 0 Å². The van der Waals surface area contributed by atoms with Crippen molar-refractivity contribution in [2.45, 2.75) is 24.0 Å². The molecule has 0 spiro atoms. The quantitative estimate of drug-likeness (QED) is 0.891. The van der Waals surface area contributed by atoms with Crippen LogP contribution in [0.3, 0.4) is 0 Å². The van der Waals surface area contributed by atoms with E-state index in [1.165, 1.54) is 6.07 Å².